The molecule has 2 rings (SSSR count). The third kappa shape index (κ3) is 2.41. The fourth-order valence-electron chi connectivity index (χ4n) is 1.88. The highest BCUT2D eigenvalue weighted by atomic mass is 16.6. The molecule has 19 heavy (non-hydrogen) atoms. The van der Waals surface area contributed by atoms with Crippen LogP contribution in [0.15, 0.2) is 59.7 Å². The number of Topliss-reactive ketones (excluding diaryl/α,β-unsaturated/α-hetero) is 1. The minimum atomic E-state index is -1.45. The molecule has 1 unspecified atom stereocenters. The summed E-state index contributed by atoms with van der Waals surface area (Å²) in [5.74, 6) is 1.06. The molecule has 0 saturated heterocycles. The average Bonchev–Trinajstić information content (AvgIpc) is 2.46. The van der Waals surface area contributed by atoms with Crippen LogP contribution in [0.4, 0.5) is 0 Å². The molecule has 0 heterocycles. The van der Waals surface area contributed by atoms with E-state index in [1.165, 1.54) is 24.2 Å². The summed E-state index contributed by atoms with van der Waals surface area (Å²) in [5, 5.41) is 11.0. The maximum atomic E-state index is 12.2. The summed E-state index contributed by atoms with van der Waals surface area (Å²) < 4.78 is 0. The summed E-state index contributed by atoms with van der Waals surface area (Å²) in [7, 11) is 0. The SMILES string of the molecule is O=C=C1C=CC=C(C(=O)c2ccccc2)C1[N+](=O)[O-]. The molecule has 1 aromatic rings. The van der Waals surface area contributed by atoms with Crippen LogP contribution in [-0.2, 0) is 4.79 Å². The van der Waals surface area contributed by atoms with Gasteiger partial charge in [0.2, 0.25) is 0 Å². The van der Waals surface area contributed by atoms with Crippen molar-refractivity contribution in [3.8, 4) is 0 Å². The molecule has 1 atom stereocenters. The Kier molecular flexibility index (Phi) is 3.50. The lowest BCUT2D eigenvalue weighted by atomic mass is 9.89. The molecule has 0 aromatic heterocycles. The van der Waals surface area contributed by atoms with Gasteiger partial charge >= 0.3 is 0 Å². The van der Waals surface area contributed by atoms with Crippen molar-refractivity contribution in [3.63, 3.8) is 0 Å². The second-order valence-electron chi connectivity index (χ2n) is 3.92. The van der Waals surface area contributed by atoms with Crippen LogP contribution in [0.5, 0.6) is 0 Å². The van der Waals surface area contributed by atoms with Crippen molar-refractivity contribution in [3.05, 3.63) is 75.4 Å². The summed E-state index contributed by atoms with van der Waals surface area (Å²) >= 11 is 0. The van der Waals surface area contributed by atoms with Gasteiger partial charge in [-0.2, -0.15) is 0 Å². The number of rotatable bonds is 3. The third-order valence-electron chi connectivity index (χ3n) is 2.77. The second kappa shape index (κ2) is 5.25. The number of nitrogens with zero attached hydrogens (tertiary/aromatic N) is 1. The topological polar surface area (TPSA) is 77.3 Å². The summed E-state index contributed by atoms with van der Waals surface area (Å²) in [4.78, 5) is 33.3. The normalized spacial score (nSPS) is 17.6. The largest absolute Gasteiger partial charge is 0.289 e. The van der Waals surface area contributed by atoms with Crippen molar-refractivity contribution in [2.24, 2.45) is 0 Å². The maximum absolute atomic E-state index is 12.2. The van der Waals surface area contributed by atoms with Crippen LogP contribution in [0.2, 0.25) is 0 Å². The predicted octanol–water partition coefficient (Wildman–Crippen LogP) is 1.77. The van der Waals surface area contributed by atoms with E-state index in [1.54, 1.807) is 30.3 Å². The molecule has 0 N–H and O–H groups in total. The van der Waals surface area contributed by atoms with Gasteiger partial charge in [0.15, 0.2) is 5.78 Å². The maximum Gasteiger partial charge on any atom is 0.277 e. The number of carbonyl (C=O) groups excluding carboxylic acids is 2. The van der Waals surface area contributed by atoms with E-state index in [0.717, 1.165) is 0 Å². The quantitative estimate of drug-likeness (QED) is 0.357. The van der Waals surface area contributed by atoms with Crippen LogP contribution in [0, 0.1) is 10.1 Å². The highest BCUT2D eigenvalue weighted by Crippen LogP contribution is 2.23. The standard InChI is InChI=1S/C14H9NO4/c16-9-11-7-4-8-12(13(11)15(18)19)14(17)10-5-2-1-3-6-10/h1-8,13H. The predicted molar refractivity (Wildman–Crippen MR) is 68.0 cm³/mol. The summed E-state index contributed by atoms with van der Waals surface area (Å²) in [5.41, 5.74) is 0.171. The van der Waals surface area contributed by atoms with E-state index in [2.05, 4.69) is 0 Å². The highest BCUT2D eigenvalue weighted by Gasteiger charge is 2.36. The molecular weight excluding hydrogens is 246 g/mol. The molecule has 1 aliphatic rings. The molecule has 1 aromatic carbocycles. The molecule has 5 nitrogen and oxygen atoms in total. The molecule has 1 aliphatic carbocycles. The van der Waals surface area contributed by atoms with Crippen LogP contribution >= 0.6 is 0 Å². The molecular formula is C14H9NO4. The molecule has 0 amide bonds. The molecule has 0 aliphatic heterocycles. The Morgan fingerprint density at radius 1 is 1.26 bits per heavy atom. The van der Waals surface area contributed by atoms with E-state index in [9.17, 15) is 19.7 Å². The van der Waals surface area contributed by atoms with Gasteiger partial charge in [-0.05, 0) is 12.2 Å². The Labute approximate surface area is 108 Å². The second-order valence-corrected chi connectivity index (χ2v) is 3.92. The number of nitro groups is 1. The molecule has 0 radical (unpaired) electrons. The van der Waals surface area contributed by atoms with Crippen molar-refractivity contribution >= 4 is 11.7 Å². The van der Waals surface area contributed by atoms with Gasteiger partial charge < -0.3 is 0 Å². The fraction of sp³-hybridized carbons (Fsp3) is 0.0714. The first kappa shape index (κ1) is 12.7. The molecule has 5 heteroatoms. The Morgan fingerprint density at radius 2 is 1.95 bits per heavy atom. The minimum Gasteiger partial charge on any atom is -0.289 e. The number of allylic oxidation sites excluding steroid dienone is 2. The zero-order valence-corrected chi connectivity index (χ0v) is 9.78. The zero-order valence-electron chi connectivity index (χ0n) is 9.78. The fourth-order valence-corrected chi connectivity index (χ4v) is 1.88. The van der Waals surface area contributed by atoms with Gasteiger partial charge in [-0.1, -0.05) is 36.4 Å². The molecule has 0 bridgehead atoms. The van der Waals surface area contributed by atoms with Crippen molar-refractivity contribution in [1.82, 2.24) is 0 Å². The van der Waals surface area contributed by atoms with Crippen LogP contribution < -0.4 is 0 Å². The Hall–Kier alpha value is -2.78. The summed E-state index contributed by atoms with van der Waals surface area (Å²) in [6.07, 6.45) is 4.10. The van der Waals surface area contributed by atoms with Crippen molar-refractivity contribution in [2.45, 2.75) is 6.04 Å². The Morgan fingerprint density at radius 3 is 2.53 bits per heavy atom. The number of benzene rings is 1. The lowest BCUT2D eigenvalue weighted by Crippen LogP contribution is -2.30. The van der Waals surface area contributed by atoms with Crippen LogP contribution in [-0.4, -0.2) is 22.7 Å². The molecule has 94 valence electrons. The van der Waals surface area contributed by atoms with Gasteiger partial charge in [-0.15, -0.1) is 0 Å². The van der Waals surface area contributed by atoms with Gasteiger partial charge in [-0.25, -0.2) is 4.79 Å². The van der Waals surface area contributed by atoms with Gasteiger partial charge in [0, 0.05) is 10.5 Å². The van der Waals surface area contributed by atoms with Crippen LogP contribution in [0.25, 0.3) is 0 Å². The number of ketones is 1. The highest BCUT2D eigenvalue weighted by molar-refractivity contribution is 6.10. The third-order valence-corrected chi connectivity index (χ3v) is 2.77. The van der Waals surface area contributed by atoms with E-state index >= 15 is 0 Å². The van der Waals surface area contributed by atoms with Gasteiger partial charge in [-0.3, -0.25) is 14.9 Å². The van der Waals surface area contributed by atoms with Gasteiger partial charge in [0.25, 0.3) is 6.04 Å². The van der Waals surface area contributed by atoms with Gasteiger partial charge in [0.1, 0.15) is 11.5 Å². The van der Waals surface area contributed by atoms with E-state index in [4.69, 9.17) is 0 Å². The first-order valence-corrected chi connectivity index (χ1v) is 5.51. The molecule has 0 spiro atoms. The average molecular weight is 255 g/mol. The van der Waals surface area contributed by atoms with E-state index < -0.39 is 16.7 Å². The van der Waals surface area contributed by atoms with Crippen molar-refractivity contribution < 1.29 is 14.5 Å². The van der Waals surface area contributed by atoms with Crippen LogP contribution in [0.3, 0.4) is 0 Å². The lowest BCUT2D eigenvalue weighted by molar-refractivity contribution is -0.500. The number of hydrogen-bond donors (Lipinski definition) is 0. The van der Waals surface area contributed by atoms with E-state index in [0.29, 0.717) is 5.56 Å². The Balaban J connectivity index is 2.46. The first-order valence-electron chi connectivity index (χ1n) is 5.51. The summed E-state index contributed by atoms with van der Waals surface area (Å²) in [6.45, 7) is 0. The first-order chi connectivity index (χ1) is 9.15. The van der Waals surface area contributed by atoms with E-state index in [1.807, 2.05) is 0 Å². The van der Waals surface area contributed by atoms with Gasteiger partial charge in [0.05, 0.1) is 5.57 Å². The number of hydrogen-bond acceptors (Lipinski definition) is 4. The lowest BCUT2D eigenvalue weighted by Gasteiger charge is -2.14. The van der Waals surface area contributed by atoms with Crippen LogP contribution in [0.1, 0.15) is 10.4 Å². The van der Waals surface area contributed by atoms with E-state index in [-0.39, 0.29) is 11.1 Å². The zero-order chi connectivity index (χ0) is 13.8. The molecule has 0 fully saturated rings. The Bertz CT molecular complexity index is 637. The van der Waals surface area contributed by atoms with Crippen molar-refractivity contribution in [1.29, 1.82) is 0 Å². The van der Waals surface area contributed by atoms with Crippen molar-refractivity contribution in [2.75, 3.05) is 0 Å². The monoisotopic (exact) mass is 255 g/mol. The smallest absolute Gasteiger partial charge is 0.277 e. The summed E-state index contributed by atoms with van der Waals surface area (Å²) in [6, 6.07) is 6.78. The minimum absolute atomic E-state index is 0.0305. The molecule has 0 saturated carbocycles. The number of carbonyl (C=O) groups is 1.